The molecule has 2 aromatic carbocycles. The van der Waals surface area contributed by atoms with Gasteiger partial charge in [-0.15, -0.1) is 5.10 Å². The summed E-state index contributed by atoms with van der Waals surface area (Å²) in [5.74, 6) is 0.816. The van der Waals surface area contributed by atoms with Crippen LogP contribution in [0.1, 0.15) is 73.8 Å². The maximum Gasteiger partial charge on any atom is 0.252 e. The van der Waals surface area contributed by atoms with Crippen molar-refractivity contribution < 1.29 is 0 Å². The van der Waals surface area contributed by atoms with Crippen LogP contribution in [0.2, 0.25) is 0 Å². The normalized spacial score (nSPS) is 13.0. The van der Waals surface area contributed by atoms with Crippen molar-refractivity contribution in [2.75, 3.05) is 0 Å². The molecule has 0 amide bonds. The number of nitrogens with zero attached hydrogens (tertiary/aromatic N) is 5. The first-order valence-corrected chi connectivity index (χ1v) is 12.3. The highest BCUT2D eigenvalue weighted by Gasteiger charge is 2.29. The van der Waals surface area contributed by atoms with Gasteiger partial charge in [0.2, 0.25) is 0 Å². The topological polar surface area (TPSA) is 79.7 Å². The van der Waals surface area contributed by atoms with Gasteiger partial charge in [0, 0.05) is 18.7 Å². The number of aryl methyl sites for hydroxylation is 3. The third kappa shape index (κ3) is 5.35. The summed E-state index contributed by atoms with van der Waals surface area (Å²) in [6.07, 6.45) is 0.812. The van der Waals surface area contributed by atoms with Crippen molar-refractivity contribution >= 4 is 10.9 Å². The molecule has 0 radical (unpaired) electrons. The predicted molar refractivity (Wildman–Crippen MR) is 140 cm³/mol. The molecule has 2 aromatic heterocycles. The fourth-order valence-electron chi connectivity index (χ4n) is 4.76. The number of H-pyrrole nitrogens is 1. The summed E-state index contributed by atoms with van der Waals surface area (Å²) in [5, 5.41) is 13.8. The number of pyridine rings is 1. The van der Waals surface area contributed by atoms with Crippen molar-refractivity contribution in [2.45, 2.75) is 79.6 Å². The van der Waals surface area contributed by atoms with Gasteiger partial charge in [0.15, 0.2) is 5.82 Å². The van der Waals surface area contributed by atoms with Gasteiger partial charge in [-0.2, -0.15) is 0 Å². The van der Waals surface area contributed by atoms with Gasteiger partial charge < -0.3 is 4.98 Å². The Morgan fingerprint density at radius 1 is 1.00 bits per heavy atom. The van der Waals surface area contributed by atoms with Crippen LogP contribution in [0.3, 0.4) is 0 Å². The molecular formula is C28H36N6O. The zero-order valence-electron chi connectivity index (χ0n) is 21.9. The smallest absolute Gasteiger partial charge is 0.252 e. The SMILES string of the molecule is CCC(c1nnnn1C(C)(C)C)N(Cc1ccc(C)cc1)Cc1cc2cc(C)cc(C)c2[nH]c1=O. The van der Waals surface area contributed by atoms with Crippen LogP contribution in [0, 0.1) is 20.8 Å². The molecule has 7 heteroatoms. The zero-order valence-corrected chi connectivity index (χ0v) is 21.9. The Kier molecular flexibility index (Phi) is 6.90. The van der Waals surface area contributed by atoms with Gasteiger partial charge in [0.25, 0.3) is 5.56 Å². The molecule has 0 aliphatic carbocycles. The van der Waals surface area contributed by atoms with Crippen molar-refractivity contribution in [3.63, 3.8) is 0 Å². The van der Waals surface area contributed by atoms with Crippen LogP contribution >= 0.6 is 0 Å². The van der Waals surface area contributed by atoms with Gasteiger partial charge >= 0.3 is 0 Å². The molecule has 0 saturated carbocycles. The fraction of sp³-hybridized carbons (Fsp3) is 0.429. The minimum absolute atomic E-state index is 0.0522. The van der Waals surface area contributed by atoms with Crippen molar-refractivity contribution in [3.05, 3.63) is 86.5 Å². The van der Waals surface area contributed by atoms with E-state index in [2.05, 4.69) is 103 Å². The first-order chi connectivity index (χ1) is 16.6. The van der Waals surface area contributed by atoms with E-state index in [4.69, 9.17) is 0 Å². The lowest BCUT2D eigenvalue weighted by Crippen LogP contribution is -2.35. The molecule has 4 aromatic rings. The second kappa shape index (κ2) is 9.74. The third-order valence-electron chi connectivity index (χ3n) is 6.50. The quantitative estimate of drug-likeness (QED) is 0.392. The second-order valence-electron chi connectivity index (χ2n) is 10.6. The average Bonchev–Trinajstić information content (AvgIpc) is 3.27. The van der Waals surface area contributed by atoms with Crippen LogP contribution in [0.25, 0.3) is 10.9 Å². The minimum atomic E-state index is -0.253. The molecule has 0 fully saturated rings. The number of hydrogen-bond acceptors (Lipinski definition) is 5. The molecule has 1 N–H and O–H groups in total. The molecule has 35 heavy (non-hydrogen) atoms. The molecule has 0 aliphatic heterocycles. The maximum atomic E-state index is 13.2. The molecule has 1 unspecified atom stereocenters. The number of aromatic amines is 1. The highest BCUT2D eigenvalue weighted by Crippen LogP contribution is 2.29. The van der Waals surface area contributed by atoms with Crippen LogP contribution in [0.5, 0.6) is 0 Å². The van der Waals surface area contributed by atoms with Gasteiger partial charge in [-0.1, -0.05) is 48.4 Å². The number of benzene rings is 2. The number of fused-ring (bicyclic) bond motifs is 1. The summed E-state index contributed by atoms with van der Waals surface area (Å²) < 4.78 is 1.90. The molecule has 0 bridgehead atoms. The van der Waals surface area contributed by atoms with E-state index in [1.165, 1.54) is 16.7 Å². The van der Waals surface area contributed by atoms with Crippen molar-refractivity contribution in [1.29, 1.82) is 0 Å². The third-order valence-corrected chi connectivity index (χ3v) is 6.50. The number of nitrogens with one attached hydrogen (secondary N) is 1. The molecule has 0 saturated heterocycles. The monoisotopic (exact) mass is 472 g/mol. The molecule has 4 rings (SSSR count). The lowest BCUT2D eigenvalue weighted by Gasteiger charge is -2.32. The zero-order chi connectivity index (χ0) is 25.3. The fourth-order valence-corrected chi connectivity index (χ4v) is 4.76. The summed E-state index contributed by atoms with van der Waals surface area (Å²) in [6, 6.07) is 14.8. The molecular weight excluding hydrogens is 436 g/mol. The van der Waals surface area contributed by atoms with Gasteiger partial charge in [0.05, 0.1) is 17.1 Å². The first-order valence-electron chi connectivity index (χ1n) is 12.3. The highest BCUT2D eigenvalue weighted by atomic mass is 16.1. The Labute approximate surface area is 207 Å². The molecule has 7 nitrogen and oxygen atoms in total. The highest BCUT2D eigenvalue weighted by molar-refractivity contribution is 5.82. The Morgan fingerprint density at radius 3 is 2.37 bits per heavy atom. The van der Waals surface area contributed by atoms with E-state index in [-0.39, 0.29) is 17.1 Å². The van der Waals surface area contributed by atoms with E-state index in [9.17, 15) is 4.79 Å². The van der Waals surface area contributed by atoms with Crippen LogP contribution in [-0.4, -0.2) is 30.1 Å². The lowest BCUT2D eigenvalue weighted by molar-refractivity contribution is 0.153. The van der Waals surface area contributed by atoms with E-state index in [0.29, 0.717) is 13.1 Å². The number of rotatable bonds is 7. The summed E-state index contributed by atoms with van der Waals surface area (Å²) in [6.45, 7) is 15.8. The maximum absolute atomic E-state index is 13.2. The molecule has 184 valence electrons. The van der Waals surface area contributed by atoms with E-state index >= 15 is 0 Å². The van der Waals surface area contributed by atoms with Crippen molar-refractivity contribution in [1.82, 2.24) is 30.1 Å². The summed E-state index contributed by atoms with van der Waals surface area (Å²) in [5.41, 5.74) is 6.01. The van der Waals surface area contributed by atoms with E-state index in [0.717, 1.165) is 34.3 Å². The summed E-state index contributed by atoms with van der Waals surface area (Å²) in [4.78, 5) is 18.6. The lowest BCUT2D eigenvalue weighted by atomic mass is 10.0. The minimum Gasteiger partial charge on any atom is -0.321 e. The number of tetrazole rings is 1. The molecule has 0 spiro atoms. The standard InChI is InChI=1S/C28H36N6O/c1-8-24(26-30-31-32-34(26)28(5,6)7)33(16-21-11-9-18(2)10-12-21)17-23-15-22-14-19(3)13-20(4)25(22)29-27(23)35/h9-15,24H,8,16-17H2,1-7H3,(H,29,35). The predicted octanol–water partition coefficient (Wildman–Crippen LogP) is 5.35. The van der Waals surface area contributed by atoms with E-state index < -0.39 is 0 Å². The summed E-state index contributed by atoms with van der Waals surface area (Å²) in [7, 11) is 0. The number of aromatic nitrogens is 5. The van der Waals surface area contributed by atoms with E-state index in [1.54, 1.807) is 0 Å². The van der Waals surface area contributed by atoms with Crippen molar-refractivity contribution in [3.8, 4) is 0 Å². The summed E-state index contributed by atoms with van der Waals surface area (Å²) >= 11 is 0. The van der Waals surface area contributed by atoms with Crippen LogP contribution in [-0.2, 0) is 18.6 Å². The van der Waals surface area contributed by atoms with E-state index in [1.807, 2.05) is 17.7 Å². The molecule has 2 heterocycles. The van der Waals surface area contributed by atoms with Gasteiger partial charge in [-0.25, -0.2) is 4.68 Å². The molecule has 0 aliphatic rings. The number of hydrogen-bond donors (Lipinski definition) is 1. The largest absolute Gasteiger partial charge is 0.321 e. The first kappa shape index (κ1) is 24.8. The van der Waals surface area contributed by atoms with Crippen LogP contribution < -0.4 is 5.56 Å². The Balaban J connectivity index is 1.79. The second-order valence-corrected chi connectivity index (χ2v) is 10.6. The average molecular weight is 473 g/mol. The van der Waals surface area contributed by atoms with Crippen LogP contribution in [0.4, 0.5) is 0 Å². The Morgan fingerprint density at radius 2 is 1.71 bits per heavy atom. The van der Waals surface area contributed by atoms with Gasteiger partial charge in [0.1, 0.15) is 0 Å². The van der Waals surface area contributed by atoms with Gasteiger partial charge in [-0.05, 0) is 87.0 Å². The van der Waals surface area contributed by atoms with Crippen LogP contribution in [0.15, 0.2) is 47.3 Å². The molecule has 1 atom stereocenters. The Hall–Kier alpha value is -3.32. The van der Waals surface area contributed by atoms with Gasteiger partial charge in [-0.3, -0.25) is 9.69 Å². The van der Waals surface area contributed by atoms with Crippen molar-refractivity contribution in [2.24, 2.45) is 0 Å². The Bertz CT molecular complexity index is 1380.